The van der Waals surface area contributed by atoms with Crippen molar-refractivity contribution < 1.29 is 25.3 Å². The van der Waals surface area contributed by atoms with Gasteiger partial charge in [-0.15, -0.1) is 4.40 Å². The number of hydrogen-bond acceptors (Lipinski definition) is 8. The van der Waals surface area contributed by atoms with Gasteiger partial charge in [0.15, 0.2) is 0 Å². The number of amidine groups is 1. The minimum absolute atomic E-state index is 0.115. The van der Waals surface area contributed by atoms with E-state index in [0.29, 0.717) is 16.4 Å². The lowest BCUT2D eigenvalue weighted by atomic mass is 10.2. The van der Waals surface area contributed by atoms with Crippen molar-refractivity contribution >= 4 is 53.0 Å². The highest BCUT2D eigenvalue weighted by molar-refractivity contribution is 7.92. The van der Waals surface area contributed by atoms with E-state index < -0.39 is 30.1 Å². The summed E-state index contributed by atoms with van der Waals surface area (Å²) in [6.07, 6.45) is 4.27. The normalized spacial score (nSPS) is 23.1. The van der Waals surface area contributed by atoms with Crippen LogP contribution in [0.5, 0.6) is 0 Å². The number of hydrogen-bond donors (Lipinski definition) is 2. The van der Waals surface area contributed by atoms with E-state index in [0.717, 1.165) is 50.7 Å². The lowest BCUT2D eigenvalue weighted by Crippen LogP contribution is -2.48. The minimum Gasteiger partial charge on any atom is -0.354 e. The molecule has 11 nitrogen and oxygen atoms in total. The molecule has 0 aliphatic carbocycles. The molecule has 0 spiro atoms. The maximum Gasteiger partial charge on any atom is 0.286 e. The van der Waals surface area contributed by atoms with E-state index in [1.165, 1.54) is 6.07 Å². The van der Waals surface area contributed by atoms with Crippen molar-refractivity contribution in [1.29, 1.82) is 0 Å². The summed E-state index contributed by atoms with van der Waals surface area (Å²) in [5.41, 5.74) is 1.65. The molecule has 2 fully saturated rings. The van der Waals surface area contributed by atoms with Crippen molar-refractivity contribution in [3.8, 4) is 0 Å². The van der Waals surface area contributed by atoms with Crippen molar-refractivity contribution in [3.05, 3.63) is 42.5 Å². The molecule has 4 aliphatic rings. The van der Waals surface area contributed by atoms with Gasteiger partial charge in [0.05, 0.1) is 23.8 Å². The molecule has 0 amide bonds. The van der Waals surface area contributed by atoms with E-state index in [2.05, 4.69) is 13.8 Å². The fourth-order valence-corrected chi connectivity index (χ4v) is 8.05. The predicted octanol–water partition coefficient (Wildman–Crippen LogP) is 1.66. The number of sulfonamides is 3. The van der Waals surface area contributed by atoms with Crippen LogP contribution in [0.25, 0.3) is 0 Å². The second-order valence-electron chi connectivity index (χ2n) is 8.73. The third-order valence-electron chi connectivity index (χ3n) is 6.16. The zero-order valence-corrected chi connectivity index (χ0v) is 21.3. The maximum absolute atomic E-state index is 12.2. The molecule has 188 valence electrons. The Hall–Kier alpha value is -2.68. The molecule has 4 heterocycles. The van der Waals surface area contributed by atoms with Gasteiger partial charge in [0.25, 0.3) is 10.0 Å². The van der Waals surface area contributed by atoms with Gasteiger partial charge < -0.3 is 9.80 Å². The Bertz CT molecular complexity index is 1540. The number of rotatable bonds is 2. The quantitative estimate of drug-likeness (QED) is 0.586. The van der Waals surface area contributed by atoms with E-state index in [-0.39, 0.29) is 16.7 Å². The second-order valence-corrected chi connectivity index (χ2v) is 13.7. The predicted molar refractivity (Wildman–Crippen MR) is 133 cm³/mol. The Labute approximate surface area is 205 Å². The summed E-state index contributed by atoms with van der Waals surface area (Å²) in [6, 6.07) is 11.6. The van der Waals surface area contributed by atoms with Crippen LogP contribution in [0.4, 0.5) is 17.1 Å². The standard InChI is InChI=1S/C11H15N3O4S2.C10H10N2O2S/c1-19(15,16)12-8-4-5-9-10(7-8)20(17,18)13-11-3-2-6-14(9)11;13-15(14)9-5-2-1-4-8(9)12-7-3-6-10(12)11-15/h4-5,7,11-13H,2-3,6H2,1H3;1-2,4-5H,3,6-7H2. The van der Waals surface area contributed by atoms with Crippen LogP contribution in [0, 0.1) is 0 Å². The van der Waals surface area contributed by atoms with E-state index in [1.807, 2.05) is 21.9 Å². The fourth-order valence-electron chi connectivity index (χ4n) is 4.76. The van der Waals surface area contributed by atoms with Crippen molar-refractivity contribution in [3.63, 3.8) is 0 Å². The van der Waals surface area contributed by atoms with Crippen LogP contribution < -0.4 is 19.2 Å². The molecular weight excluding hydrogens is 514 g/mol. The third kappa shape index (κ3) is 4.62. The highest BCUT2D eigenvalue weighted by Crippen LogP contribution is 2.37. The number of para-hydroxylation sites is 1. The van der Waals surface area contributed by atoms with Crippen molar-refractivity contribution in [2.45, 2.75) is 41.6 Å². The van der Waals surface area contributed by atoms with Crippen molar-refractivity contribution in [2.75, 3.05) is 33.9 Å². The van der Waals surface area contributed by atoms with Gasteiger partial charge in [0, 0.05) is 25.2 Å². The molecule has 2 saturated heterocycles. The Morgan fingerprint density at radius 3 is 2.54 bits per heavy atom. The molecule has 4 aliphatic heterocycles. The van der Waals surface area contributed by atoms with Crippen LogP contribution in [0.3, 0.4) is 0 Å². The van der Waals surface area contributed by atoms with Crippen LogP contribution >= 0.6 is 0 Å². The monoisotopic (exact) mass is 539 g/mol. The molecule has 2 N–H and O–H groups in total. The summed E-state index contributed by atoms with van der Waals surface area (Å²) in [5, 5.41) is 0. The number of benzene rings is 2. The number of fused-ring (bicyclic) bond motifs is 6. The smallest absolute Gasteiger partial charge is 0.286 e. The molecule has 35 heavy (non-hydrogen) atoms. The van der Waals surface area contributed by atoms with Crippen LogP contribution in [-0.4, -0.2) is 56.6 Å². The maximum atomic E-state index is 12.2. The van der Waals surface area contributed by atoms with Gasteiger partial charge in [0.1, 0.15) is 15.6 Å². The molecule has 6 rings (SSSR count). The zero-order chi connectivity index (χ0) is 25.0. The number of nitrogens with one attached hydrogen (secondary N) is 2. The molecule has 0 bridgehead atoms. The average Bonchev–Trinajstić information content (AvgIpc) is 3.42. The SMILES string of the molecule is CS(=O)(=O)Nc1ccc2c(c1)S(=O)(=O)NC1CCCN21.O=S1(=O)N=C2CCCN2c2ccccc21. The van der Waals surface area contributed by atoms with Gasteiger partial charge in [-0.05, 0) is 49.6 Å². The summed E-state index contributed by atoms with van der Waals surface area (Å²) in [7, 11) is -10.5. The highest BCUT2D eigenvalue weighted by atomic mass is 32.2. The molecular formula is C21H25N5O6S3. The summed E-state index contributed by atoms with van der Waals surface area (Å²) in [4.78, 5) is 4.44. The lowest BCUT2D eigenvalue weighted by Gasteiger charge is -2.34. The molecule has 0 saturated carbocycles. The van der Waals surface area contributed by atoms with E-state index in [9.17, 15) is 25.3 Å². The largest absolute Gasteiger partial charge is 0.354 e. The molecule has 0 aromatic heterocycles. The first kappa shape index (κ1) is 24.0. The molecule has 14 heteroatoms. The molecule has 1 unspecified atom stereocenters. The first-order chi connectivity index (χ1) is 16.4. The average molecular weight is 540 g/mol. The molecule has 2 aromatic rings. The van der Waals surface area contributed by atoms with Crippen LogP contribution in [0.1, 0.15) is 25.7 Å². The lowest BCUT2D eigenvalue weighted by molar-refractivity contribution is 0.540. The van der Waals surface area contributed by atoms with Crippen LogP contribution in [-0.2, 0) is 30.1 Å². The Kier molecular flexibility index (Phi) is 5.81. The Morgan fingerprint density at radius 2 is 1.77 bits per heavy atom. The van der Waals surface area contributed by atoms with Gasteiger partial charge >= 0.3 is 0 Å². The summed E-state index contributed by atoms with van der Waals surface area (Å²) < 4.78 is 79.2. The Balaban J connectivity index is 0.000000151. The van der Waals surface area contributed by atoms with E-state index in [4.69, 9.17) is 0 Å². The van der Waals surface area contributed by atoms with E-state index in [1.54, 1.807) is 24.3 Å². The van der Waals surface area contributed by atoms with Crippen molar-refractivity contribution in [2.24, 2.45) is 4.40 Å². The summed E-state index contributed by atoms with van der Waals surface area (Å²) in [5.74, 6) is 0.689. The molecule has 2 aromatic carbocycles. The van der Waals surface area contributed by atoms with Crippen LogP contribution in [0.15, 0.2) is 56.7 Å². The van der Waals surface area contributed by atoms with Gasteiger partial charge in [0.2, 0.25) is 20.0 Å². The van der Waals surface area contributed by atoms with Gasteiger partial charge in [-0.3, -0.25) is 4.72 Å². The van der Waals surface area contributed by atoms with Crippen LogP contribution in [0.2, 0.25) is 0 Å². The van der Waals surface area contributed by atoms with Gasteiger partial charge in [-0.2, -0.15) is 13.1 Å². The first-order valence-electron chi connectivity index (χ1n) is 11.1. The van der Waals surface area contributed by atoms with Gasteiger partial charge in [-0.25, -0.2) is 16.8 Å². The van der Waals surface area contributed by atoms with Gasteiger partial charge in [-0.1, -0.05) is 12.1 Å². The summed E-state index contributed by atoms with van der Waals surface area (Å²) >= 11 is 0. The third-order valence-corrected chi connectivity index (χ3v) is 9.61. The van der Waals surface area contributed by atoms with E-state index >= 15 is 0 Å². The van der Waals surface area contributed by atoms with Crippen molar-refractivity contribution in [1.82, 2.24) is 4.72 Å². The number of nitrogens with zero attached hydrogens (tertiary/aromatic N) is 3. The molecule has 0 radical (unpaired) electrons. The Morgan fingerprint density at radius 1 is 1.00 bits per heavy atom. The molecule has 1 atom stereocenters. The topological polar surface area (TPSA) is 145 Å². The minimum atomic E-state index is -3.60. The summed E-state index contributed by atoms with van der Waals surface area (Å²) in [6.45, 7) is 1.66. The first-order valence-corrected chi connectivity index (χ1v) is 15.9. The number of anilines is 3. The second kappa shape index (κ2) is 8.47. The highest BCUT2D eigenvalue weighted by Gasteiger charge is 2.38. The zero-order valence-electron chi connectivity index (χ0n) is 18.9. The fraction of sp³-hybridized carbons (Fsp3) is 0.381.